The molecule has 0 aliphatic heterocycles. The molecule has 3 aromatic carbocycles. The van der Waals surface area contributed by atoms with Gasteiger partial charge in [-0.2, -0.15) is 0 Å². The lowest BCUT2D eigenvalue weighted by Crippen LogP contribution is -2.14. The molecular formula is C20H18BrPS. The maximum atomic E-state index is 3.49. The van der Waals surface area contributed by atoms with Crippen LogP contribution in [0.5, 0.6) is 0 Å². The molecule has 0 radical (unpaired) electrons. The zero-order valence-corrected chi connectivity index (χ0v) is 16.0. The van der Waals surface area contributed by atoms with Crippen LogP contribution >= 0.6 is 35.6 Å². The first-order chi connectivity index (χ1) is 11.3. The molecular weight excluding hydrogens is 383 g/mol. The molecule has 23 heavy (non-hydrogen) atoms. The van der Waals surface area contributed by atoms with Crippen LogP contribution in [0, 0.1) is 0 Å². The van der Waals surface area contributed by atoms with Crippen LogP contribution in [0.4, 0.5) is 0 Å². The van der Waals surface area contributed by atoms with Gasteiger partial charge in [-0.3, -0.25) is 0 Å². The second kappa shape index (κ2) is 8.68. The normalized spacial score (nSPS) is 10.9. The summed E-state index contributed by atoms with van der Waals surface area (Å²) in [5.74, 6) is 1.14. The highest BCUT2D eigenvalue weighted by Gasteiger charge is 2.13. The van der Waals surface area contributed by atoms with E-state index >= 15 is 0 Å². The molecule has 0 amide bonds. The van der Waals surface area contributed by atoms with E-state index in [4.69, 9.17) is 0 Å². The van der Waals surface area contributed by atoms with Crippen molar-refractivity contribution in [1.29, 1.82) is 0 Å². The van der Waals surface area contributed by atoms with Crippen molar-refractivity contribution in [2.24, 2.45) is 0 Å². The maximum Gasteiger partial charge on any atom is 0.0176 e. The Bertz CT molecular complexity index is 674. The topological polar surface area (TPSA) is 0 Å². The van der Waals surface area contributed by atoms with Gasteiger partial charge in [-0.25, -0.2) is 0 Å². The Labute approximate surface area is 152 Å². The zero-order valence-electron chi connectivity index (χ0n) is 12.7. The molecule has 0 aromatic heterocycles. The summed E-state index contributed by atoms with van der Waals surface area (Å²) in [6, 6.07) is 30.4. The summed E-state index contributed by atoms with van der Waals surface area (Å²) in [6.45, 7) is 0. The van der Waals surface area contributed by atoms with Crippen LogP contribution in [-0.4, -0.2) is 11.9 Å². The van der Waals surface area contributed by atoms with E-state index in [-0.39, 0.29) is 7.92 Å². The van der Waals surface area contributed by atoms with Crippen molar-refractivity contribution in [1.82, 2.24) is 0 Å². The van der Waals surface area contributed by atoms with Crippen LogP contribution < -0.4 is 10.6 Å². The van der Waals surface area contributed by atoms with Gasteiger partial charge in [0.2, 0.25) is 0 Å². The number of thioether (sulfide) groups is 1. The molecule has 3 aromatic rings. The van der Waals surface area contributed by atoms with Gasteiger partial charge < -0.3 is 0 Å². The van der Waals surface area contributed by atoms with Crippen molar-refractivity contribution in [3.8, 4) is 0 Å². The van der Waals surface area contributed by atoms with E-state index in [1.807, 2.05) is 11.8 Å². The van der Waals surface area contributed by atoms with Crippen molar-refractivity contribution in [2.45, 2.75) is 4.90 Å². The fraction of sp³-hybridized carbons (Fsp3) is 0.100. The third-order valence-electron chi connectivity index (χ3n) is 3.53. The Morgan fingerprint density at radius 3 is 1.74 bits per heavy atom. The minimum atomic E-state index is -0.283. The van der Waals surface area contributed by atoms with Gasteiger partial charge in [-0.1, -0.05) is 76.6 Å². The van der Waals surface area contributed by atoms with E-state index in [9.17, 15) is 0 Å². The third kappa shape index (κ3) is 4.94. The Balaban J connectivity index is 1.71. The van der Waals surface area contributed by atoms with Crippen LogP contribution in [-0.2, 0) is 0 Å². The van der Waals surface area contributed by atoms with Gasteiger partial charge in [0.15, 0.2) is 0 Å². The van der Waals surface area contributed by atoms with E-state index in [1.165, 1.54) is 21.7 Å². The largest absolute Gasteiger partial charge is 0.126 e. The SMILES string of the molecule is Brc1ccc(SCCP(c2ccccc2)c2ccccc2)cc1. The lowest BCUT2D eigenvalue weighted by molar-refractivity contribution is 1.42. The highest BCUT2D eigenvalue weighted by Crippen LogP contribution is 2.35. The van der Waals surface area contributed by atoms with E-state index < -0.39 is 0 Å². The molecule has 0 nitrogen and oxygen atoms in total. The number of benzene rings is 3. The highest BCUT2D eigenvalue weighted by atomic mass is 79.9. The second-order valence-electron chi connectivity index (χ2n) is 5.13. The molecule has 0 unspecified atom stereocenters. The summed E-state index contributed by atoms with van der Waals surface area (Å²) in [5, 5.41) is 2.93. The molecule has 0 heterocycles. The summed E-state index contributed by atoms with van der Waals surface area (Å²) >= 11 is 5.43. The van der Waals surface area contributed by atoms with Crippen LogP contribution in [0.1, 0.15) is 0 Å². The van der Waals surface area contributed by atoms with Gasteiger partial charge in [0.05, 0.1) is 0 Å². The van der Waals surface area contributed by atoms with E-state index in [1.54, 1.807) is 0 Å². The number of hydrogen-bond donors (Lipinski definition) is 0. The Kier molecular flexibility index (Phi) is 6.33. The Morgan fingerprint density at radius 2 is 1.22 bits per heavy atom. The first-order valence-electron chi connectivity index (χ1n) is 7.59. The minimum Gasteiger partial charge on any atom is -0.126 e. The molecule has 0 saturated carbocycles. The number of halogens is 1. The summed E-state index contributed by atoms with van der Waals surface area (Å²) < 4.78 is 1.14. The lowest BCUT2D eigenvalue weighted by atomic mass is 10.4. The summed E-state index contributed by atoms with van der Waals surface area (Å²) in [5.41, 5.74) is 0. The molecule has 3 heteroatoms. The molecule has 0 aliphatic carbocycles. The Hall–Kier alpha value is -1.08. The quantitative estimate of drug-likeness (QED) is 0.379. The average molecular weight is 401 g/mol. The number of hydrogen-bond acceptors (Lipinski definition) is 1. The van der Waals surface area contributed by atoms with Gasteiger partial charge in [0.1, 0.15) is 0 Å². The van der Waals surface area contributed by atoms with Crippen molar-refractivity contribution in [3.05, 3.63) is 89.4 Å². The standard InChI is InChI=1S/C20H18BrPS/c21-17-11-13-20(14-12-17)23-16-15-22(18-7-3-1-4-8-18)19-9-5-2-6-10-19/h1-14H,15-16H2. The molecule has 0 bridgehead atoms. The predicted octanol–water partition coefficient (Wildman–Crippen LogP) is 5.67. The summed E-state index contributed by atoms with van der Waals surface area (Å²) in [7, 11) is -0.283. The first kappa shape index (κ1) is 16.8. The lowest BCUT2D eigenvalue weighted by Gasteiger charge is -2.18. The predicted molar refractivity (Wildman–Crippen MR) is 109 cm³/mol. The third-order valence-corrected chi connectivity index (χ3v) is 7.89. The van der Waals surface area contributed by atoms with E-state index in [2.05, 4.69) is 101 Å². The molecule has 0 aliphatic rings. The van der Waals surface area contributed by atoms with Crippen LogP contribution in [0.15, 0.2) is 94.3 Å². The van der Waals surface area contributed by atoms with Crippen molar-refractivity contribution < 1.29 is 0 Å². The first-order valence-corrected chi connectivity index (χ1v) is 10.9. The zero-order chi connectivity index (χ0) is 15.9. The van der Waals surface area contributed by atoms with E-state index in [0.717, 1.165) is 10.2 Å². The maximum absolute atomic E-state index is 3.49. The molecule has 116 valence electrons. The van der Waals surface area contributed by atoms with Crippen molar-refractivity contribution in [3.63, 3.8) is 0 Å². The Morgan fingerprint density at radius 1 is 0.696 bits per heavy atom. The van der Waals surface area contributed by atoms with Crippen LogP contribution in [0.2, 0.25) is 0 Å². The van der Waals surface area contributed by atoms with E-state index in [0.29, 0.717) is 0 Å². The van der Waals surface area contributed by atoms with Gasteiger partial charge >= 0.3 is 0 Å². The molecule has 0 atom stereocenters. The van der Waals surface area contributed by atoms with Gasteiger partial charge in [0, 0.05) is 15.1 Å². The van der Waals surface area contributed by atoms with Crippen molar-refractivity contribution in [2.75, 3.05) is 11.9 Å². The molecule has 3 rings (SSSR count). The van der Waals surface area contributed by atoms with Crippen LogP contribution in [0.3, 0.4) is 0 Å². The second-order valence-corrected chi connectivity index (χ2v) is 9.55. The fourth-order valence-electron chi connectivity index (χ4n) is 2.41. The summed E-state index contributed by atoms with van der Waals surface area (Å²) in [6.07, 6.45) is 1.20. The average Bonchev–Trinajstić information content (AvgIpc) is 2.62. The smallest absolute Gasteiger partial charge is 0.0176 e. The van der Waals surface area contributed by atoms with Gasteiger partial charge in [-0.05, 0) is 49.0 Å². The highest BCUT2D eigenvalue weighted by molar-refractivity contribution is 9.10. The fourth-order valence-corrected chi connectivity index (χ4v) is 6.21. The minimum absolute atomic E-state index is 0.283. The number of rotatable bonds is 6. The molecule has 0 saturated heterocycles. The van der Waals surface area contributed by atoms with Gasteiger partial charge in [-0.15, -0.1) is 11.8 Å². The molecule has 0 fully saturated rings. The summed E-state index contributed by atoms with van der Waals surface area (Å²) in [4.78, 5) is 1.34. The van der Waals surface area contributed by atoms with Gasteiger partial charge in [0.25, 0.3) is 0 Å². The van der Waals surface area contributed by atoms with Crippen LogP contribution in [0.25, 0.3) is 0 Å². The molecule has 0 spiro atoms. The molecule has 0 N–H and O–H groups in total. The van der Waals surface area contributed by atoms with Crippen molar-refractivity contribution >= 4 is 46.2 Å². The monoisotopic (exact) mass is 400 g/mol.